The van der Waals surface area contributed by atoms with E-state index in [0.29, 0.717) is 17.5 Å². The summed E-state index contributed by atoms with van der Waals surface area (Å²) in [6.45, 7) is 5.15. The summed E-state index contributed by atoms with van der Waals surface area (Å²) >= 11 is 0. The van der Waals surface area contributed by atoms with Gasteiger partial charge in [-0.25, -0.2) is 0 Å². The number of benzene rings is 1. The van der Waals surface area contributed by atoms with Crippen molar-refractivity contribution in [1.82, 2.24) is 14.8 Å². The number of amides is 1. The third-order valence-corrected chi connectivity index (χ3v) is 5.17. The smallest absolute Gasteiger partial charge is 0.254 e. The molecule has 4 rings (SSSR count). The monoisotopic (exact) mass is 337 g/mol. The summed E-state index contributed by atoms with van der Waals surface area (Å²) in [6.07, 6.45) is 5.83. The molecule has 0 saturated carbocycles. The molecule has 0 N–H and O–H groups in total. The van der Waals surface area contributed by atoms with Gasteiger partial charge >= 0.3 is 0 Å². The van der Waals surface area contributed by atoms with Crippen LogP contribution in [0.25, 0.3) is 0 Å². The Hall–Kier alpha value is -2.40. The molecule has 0 radical (unpaired) electrons. The van der Waals surface area contributed by atoms with Crippen molar-refractivity contribution in [3.05, 3.63) is 54.4 Å². The minimum atomic E-state index is 0.118. The predicted octanol–water partition coefficient (Wildman–Crippen LogP) is 3.18. The van der Waals surface area contributed by atoms with Crippen LogP contribution < -0.4 is 4.74 Å². The number of fused-ring (bicyclic) bond motifs is 1. The second kappa shape index (κ2) is 6.84. The van der Waals surface area contributed by atoms with Gasteiger partial charge in [0.2, 0.25) is 0 Å². The Bertz CT molecular complexity index is 732. The van der Waals surface area contributed by atoms with E-state index in [-0.39, 0.29) is 11.9 Å². The van der Waals surface area contributed by atoms with Gasteiger partial charge in [-0.1, -0.05) is 0 Å². The van der Waals surface area contributed by atoms with Gasteiger partial charge in [0, 0.05) is 36.9 Å². The second-order valence-corrected chi connectivity index (χ2v) is 6.91. The number of piperazine rings is 1. The van der Waals surface area contributed by atoms with Crippen LogP contribution >= 0.6 is 0 Å². The van der Waals surface area contributed by atoms with Crippen molar-refractivity contribution in [2.45, 2.75) is 31.8 Å². The first-order valence-corrected chi connectivity index (χ1v) is 8.93. The number of hydrogen-bond acceptors (Lipinski definition) is 4. The van der Waals surface area contributed by atoms with Crippen LogP contribution in [0.4, 0.5) is 0 Å². The van der Waals surface area contributed by atoms with Gasteiger partial charge < -0.3 is 9.64 Å². The van der Waals surface area contributed by atoms with Crippen molar-refractivity contribution in [2.24, 2.45) is 0 Å². The van der Waals surface area contributed by atoms with Crippen LogP contribution in [-0.2, 0) is 0 Å². The van der Waals surface area contributed by atoms with Gasteiger partial charge in [0.15, 0.2) is 0 Å². The fourth-order valence-corrected chi connectivity index (χ4v) is 3.85. The number of rotatable bonds is 3. The second-order valence-electron chi connectivity index (χ2n) is 6.91. The van der Waals surface area contributed by atoms with Gasteiger partial charge in [-0.3, -0.25) is 14.7 Å². The maximum Gasteiger partial charge on any atom is 0.254 e. The summed E-state index contributed by atoms with van der Waals surface area (Å²) in [5.41, 5.74) is 0.719. The Labute approximate surface area is 148 Å². The summed E-state index contributed by atoms with van der Waals surface area (Å²) in [7, 11) is 0. The molecule has 25 heavy (non-hydrogen) atoms. The van der Waals surface area contributed by atoms with Crippen molar-refractivity contribution in [2.75, 3.05) is 19.6 Å². The number of nitrogens with zero attached hydrogens (tertiary/aromatic N) is 3. The lowest BCUT2D eigenvalue weighted by Crippen LogP contribution is -2.56. The molecular formula is C20H23N3O2. The molecule has 1 aromatic heterocycles. The highest BCUT2D eigenvalue weighted by Crippen LogP contribution is 2.26. The van der Waals surface area contributed by atoms with E-state index in [0.717, 1.165) is 18.7 Å². The van der Waals surface area contributed by atoms with E-state index in [1.165, 1.54) is 19.4 Å². The average Bonchev–Trinajstić information content (AvgIpc) is 3.09. The van der Waals surface area contributed by atoms with Gasteiger partial charge in [0.05, 0.1) is 6.20 Å². The van der Waals surface area contributed by atoms with Gasteiger partial charge in [-0.15, -0.1) is 0 Å². The molecule has 2 aliphatic rings. The van der Waals surface area contributed by atoms with E-state index in [1.807, 2.05) is 41.3 Å². The van der Waals surface area contributed by atoms with E-state index in [9.17, 15) is 4.79 Å². The Balaban J connectivity index is 1.45. The molecule has 0 aliphatic carbocycles. The lowest BCUT2D eigenvalue weighted by molar-refractivity contribution is 0.0395. The third-order valence-electron chi connectivity index (χ3n) is 5.17. The van der Waals surface area contributed by atoms with Gasteiger partial charge in [0.1, 0.15) is 11.5 Å². The molecule has 0 bridgehead atoms. The Morgan fingerprint density at radius 1 is 1.16 bits per heavy atom. The standard InChI is InChI=1S/C20H23N3O2/c1-15-13-22-11-3-4-17(22)14-23(15)20(24)16-6-8-18(9-7-16)25-19-5-2-10-21-12-19/h2,5-10,12,15,17H,3-4,11,13-14H2,1H3/t15-,17-/m1/s1. The van der Waals surface area contributed by atoms with E-state index in [4.69, 9.17) is 4.74 Å². The summed E-state index contributed by atoms with van der Waals surface area (Å²) in [5.74, 6) is 1.51. The Kier molecular flexibility index (Phi) is 4.40. The quantitative estimate of drug-likeness (QED) is 0.863. The fourth-order valence-electron chi connectivity index (χ4n) is 3.85. The molecule has 2 saturated heterocycles. The molecule has 2 aromatic rings. The molecule has 5 nitrogen and oxygen atoms in total. The summed E-state index contributed by atoms with van der Waals surface area (Å²) < 4.78 is 5.74. The van der Waals surface area contributed by atoms with Crippen LogP contribution in [0.1, 0.15) is 30.1 Å². The number of carbonyl (C=O) groups is 1. The van der Waals surface area contributed by atoms with E-state index >= 15 is 0 Å². The van der Waals surface area contributed by atoms with Gasteiger partial charge in [0.25, 0.3) is 5.91 Å². The first-order chi connectivity index (χ1) is 12.2. The number of aromatic nitrogens is 1. The molecule has 0 unspecified atom stereocenters. The molecule has 1 aromatic carbocycles. The van der Waals surface area contributed by atoms with Crippen molar-refractivity contribution >= 4 is 5.91 Å². The molecule has 2 aliphatic heterocycles. The minimum Gasteiger partial charge on any atom is -0.456 e. The topological polar surface area (TPSA) is 45.7 Å². The number of ether oxygens (including phenoxy) is 1. The van der Waals surface area contributed by atoms with Crippen molar-refractivity contribution in [3.8, 4) is 11.5 Å². The van der Waals surface area contributed by atoms with Crippen molar-refractivity contribution in [1.29, 1.82) is 0 Å². The highest BCUT2D eigenvalue weighted by Gasteiger charge is 2.36. The minimum absolute atomic E-state index is 0.118. The Morgan fingerprint density at radius 3 is 2.76 bits per heavy atom. The normalized spacial score (nSPS) is 23.3. The van der Waals surface area contributed by atoms with Gasteiger partial charge in [-0.05, 0) is 62.7 Å². The zero-order valence-corrected chi connectivity index (χ0v) is 14.5. The maximum atomic E-state index is 12.9. The number of carbonyl (C=O) groups excluding carboxylic acids is 1. The fraction of sp³-hybridized carbons (Fsp3) is 0.400. The van der Waals surface area contributed by atoms with Crippen LogP contribution in [0.5, 0.6) is 11.5 Å². The lowest BCUT2D eigenvalue weighted by Gasteiger charge is -2.42. The van der Waals surface area contributed by atoms with E-state index < -0.39 is 0 Å². The SMILES string of the molecule is C[C@@H]1CN2CCC[C@@H]2CN1C(=O)c1ccc(Oc2cccnc2)cc1. The third kappa shape index (κ3) is 3.37. The highest BCUT2D eigenvalue weighted by atomic mass is 16.5. The van der Waals surface area contributed by atoms with Crippen LogP contribution in [0.3, 0.4) is 0 Å². The number of pyridine rings is 1. The number of hydrogen-bond donors (Lipinski definition) is 0. The lowest BCUT2D eigenvalue weighted by atomic mass is 10.1. The van der Waals surface area contributed by atoms with Crippen molar-refractivity contribution < 1.29 is 9.53 Å². The van der Waals surface area contributed by atoms with Gasteiger partial charge in [-0.2, -0.15) is 0 Å². The molecule has 130 valence electrons. The van der Waals surface area contributed by atoms with Crippen LogP contribution in [0.2, 0.25) is 0 Å². The summed E-state index contributed by atoms with van der Waals surface area (Å²) in [4.78, 5) is 21.5. The van der Waals surface area contributed by atoms with Crippen LogP contribution in [-0.4, -0.2) is 52.4 Å². The molecule has 2 fully saturated rings. The van der Waals surface area contributed by atoms with E-state index in [2.05, 4.69) is 16.8 Å². The Morgan fingerprint density at radius 2 is 2.00 bits per heavy atom. The predicted molar refractivity (Wildman–Crippen MR) is 95.8 cm³/mol. The van der Waals surface area contributed by atoms with Crippen LogP contribution in [0, 0.1) is 0 Å². The zero-order valence-electron chi connectivity index (χ0n) is 14.5. The summed E-state index contributed by atoms with van der Waals surface area (Å²) in [5, 5.41) is 0. The molecule has 0 spiro atoms. The zero-order chi connectivity index (χ0) is 17.2. The average molecular weight is 337 g/mol. The molecular weight excluding hydrogens is 314 g/mol. The molecule has 2 atom stereocenters. The largest absolute Gasteiger partial charge is 0.456 e. The van der Waals surface area contributed by atoms with Crippen LogP contribution in [0.15, 0.2) is 48.8 Å². The molecule has 1 amide bonds. The molecule has 5 heteroatoms. The first kappa shape index (κ1) is 16.1. The van der Waals surface area contributed by atoms with E-state index in [1.54, 1.807) is 12.4 Å². The maximum absolute atomic E-state index is 12.9. The highest BCUT2D eigenvalue weighted by molar-refractivity contribution is 5.94. The molecule has 3 heterocycles. The van der Waals surface area contributed by atoms with Crippen molar-refractivity contribution in [3.63, 3.8) is 0 Å². The first-order valence-electron chi connectivity index (χ1n) is 8.93. The summed E-state index contributed by atoms with van der Waals surface area (Å²) in [6, 6.07) is 11.9.